The van der Waals surface area contributed by atoms with Crippen molar-refractivity contribution in [3.8, 4) is 0 Å². The maximum Gasteiger partial charge on any atom is 0.0566 e. The molecule has 4 heteroatoms. The number of rotatable bonds is 7. The summed E-state index contributed by atoms with van der Waals surface area (Å²) in [5, 5.41) is 0. The summed E-state index contributed by atoms with van der Waals surface area (Å²) in [5.74, 6) is 0.794. The molecule has 0 aromatic carbocycles. The Morgan fingerprint density at radius 3 is 2.47 bits per heavy atom. The molecule has 1 aliphatic heterocycles. The minimum Gasteiger partial charge on any atom is -0.381 e. The molecule has 0 bridgehead atoms. The van der Waals surface area contributed by atoms with Crippen LogP contribution in [0.4, 0.5) is 0 Å². The van der Waals surface area contributed by atoms with Crippen molar-refractivity contribution in [1.29, 1.82) is 0 Å². The summed E-state index contributed by atoms with van der Waals surface area (Å²) in [4.78, 5) is 0. The highest BCUT2D eigenvalue weighted by Crippen LogP contribution is 2.31. The Labute approximate surface area is 94.0 Å². The van der Waals surface area contributed by atoms with E-state index in [1.807, 2.05) is 12.5 Å². The van der Waals surface area contributed by atoms with E-state index in [4.69, 9.17) is 9.47 Å². The number of ether oxygens (including phenoxy) is 2. The van der Waals surface area contributed by atoms with E-state index in [-0.39, 0.29) is 5.41 Å². The largest absolute Gasteiger partial charge is 0.381 e. The molecule has 0 saturated carbocycles. The average Bonchev–Trinajstić information content (AvgIpc) is 2.06. The minimum atomic E-state index is -1.85. The molecular weight excluding hydrogens is 212 g/mol. The second-order valence-corrected chi connectivity index (χ2v) is 8.65. The summed E-state index contributed by atoms with van der Waals surface area (Å²) in [6, 6.07) is 0. The van der Waals surface area contributed by atoms with Crippen LogP contribution in [0.3, 0.4) is 0 Å². The van der Waals surface area contributed by atoms with E-state index in [1.54, 1.807) is 0 Å². The maximum absolute atomic E-state index is 11.4. The number of hydrogen-bond acceptors (Lipinski definition) is 3. The second kappa shape index (κ2) is 5.41. The molecule has 0 unspecified atom stereocenters. The third-order valence-corrected chi connectivity index (χ3v) is 4.35. The van der Waals surface area contributed by atoms with E-state index in [0.717, 1.165) is 45.0 Å². The minimum absolute atomic E-state index is 0.280. The normalized spacial score (nSPS) is 21.0. The Bertz CT molecular complexity index is 224. The van der Waals surface area contributed by atoms with Crippen molar-refractivity contribution in [2.45, 2.75) is 19.8 Å². The third-order valence-electron chi connectivity index (χ3n) is 2.96. The Morgan fingerprint density at radius 1 is 1.40 bits per heavy atom. The van der Waals surface area contributed by atoms with Gasteiger partial charge in [0.2, 0.25) is 0 Å². The molecule has 0 spiro atoms. The van der Waals surface area contributed by atoms with Crippen molar-refractivity contribution < 1.29 is 13.7 Å². The van der Waals surface area contributed by atoms with Crippen molar-refractivity contribution in [1.82, 2.24) is 0 Å². The summed E-state index contributed by atoms with van der Waals surface area (Å²) >= 11 is 0. The summed E-state index contributed by atoms with van der Waals surface area (Å²) in [6.07, 6.45) is 5.69. The number of hydrogen-bond donors (Lipinski definition) is 1. The van der Waals surface area contributed by atoms with E-state index in [9.17, 15) is 4.21 Å². The molecule has 1 rings (SSSR count). The Kier molecular flexibility index (Phi) is 4.74. The van der Waals surface area contributed by atoms with Gasteiger partial charge < -0.3 is 9.47 Å². The topological polar surface area (TPSA) is 35.5 Å². The van der Waals surface area contributed by atoms with Crippen LogP contribution >= 0.6 is 0 Å². The number of thiol groups is 1. The molecule has 0 aromatic heterocycles. The third kappa shape index (κ3) is 4.62. The van der Waals surface area contributed by atoms with Crippen LogP contribution in [0.1, 0.15) is 19.8 Å². The van der Waals surface area contributed by atoms with Crippen molar-refractivity contribution in [3.05, 3.63) is 0 Å². The van der Waals surface area contributed by atoms with E-state index in [1.165, 1.54) is 0 Å². The van der Waals surface area contributed by atoms with E-state index in [0.29, 0.717) is 0 Å². The molecule has 1 aliphatic rings. The Balaban J connectivity index is 2.04. The lowest BCUT2D eigenvalue weighted by Gasteiger charge is -2.40. The molecule has 15 heavy (non-hydrogen) atoms. The maximum atomic E-state index is 11.4. The Hall–Kier alpha value is 0.0700. The van der Waals surface area contributed by atoms with Gasteiger partial charge in [0.25, 0.3) is 0 Å². The van der Waals surface area contributed by atoms with Gasteiger partial charge in [-0.25, -0.2) is 0 Å². The monoisotopic (exact) mass is 236 g/mol. The van der Waals surface area contributed by atoms with Gasteiger partial charge in [-0.3, -0.25) is 4.21 Å². The first-order chi connectivity index (χ1) is 6.97. The molecule has 0 aliphatic carbocycles. The first-order valence-corrected chi connectivity index (χ1v) is 8.46. The van der Waals surface area contributed by atoms with Gasteiger partial charge >= 0.3 is 0 Å². The van der Waals surface area contributed by atoms with Gasteiger partial charge in [0.15, 0.2) is 0 Å². The van der Waals surface area contributed by atoms with Gasteiger partial charge in [0, 0.05) is 17.8 Å². The van der Waals surface area contributed by atoms with Crippen LogP contribution in [0.15, 0.2) is 0 Å². The summed E-state index contributed by atoms with van der Waals surface area (Å²) in [7, 11) is -1.85. The van der Waals surface area contributed by atoms with E-state index >= 15 is 0 Å². The molecule has 0 amide bonds. The molecule has 1 fully saturated rings. The molecular formula is C11H24O3S. The first-order valence-electron chi connectivity index (χ1n) is 5.67. The lowest BCUT2D eigenvalue weighted by molar-refractivity contribution is -0.150. The molecule has 0 aromatic rings. The van der Waals surface area contributed by atoms with Gasteiger partial charge in [0.05, 0.1) is 19.8 Å². The fraction of sp³-hybridized carbons (Fsp3) is 1.00. The average molecular weight is 236 g/mol. The van der Waals surface area contributed by atoms with Gasteiger partial charge in [-0.15, -0.1) is 9.93 Å². The zero-order chi connectivity index (χ0) is 11.4. The summed E-state index contributed by atoms with van der Waals surface area (Å²) in [5.41, 5.74) is 0.280. The highest BCUT2D eigenvalue weighted by atomic mass is 32.2. The van der Waals surface area contributed by atoms with Crippen LogP contribution in [-0.2, 0) is 19.4 Å². The lowest BCUT2D eigenvalue weighted by atomic mass is 9.84. The van der Waals surface area contributed by atoms with Gasteiger partial charge in [0.1, 0.15) is 0 Å². The predicted molar refractivity (Wildman–Crippen MR) is 65.2 cm³/mol. The van der Waals surface area contributed by atoms with Crippen LogP contribution < -0.4 is 0 Å². The summed E-state index contributed by atoms with van der Waals surface area (Å²) < 4.78 is 22.3. The predicted octanol–water partition coefficient (Wildman–Crippen LogP) is 1.10. The molecule has 1 saturated heterocycles. The first kappa shape index (κ1) is 13.1. The van der Waals surface area contributed by atoms with Gasteiger partial charge in [-0.1, -0.05) is 6.92 Å². The zero-order valence-corrected chi connectivity index (χ0v) is 11.0. The van der Waals surface area contributed by atoms with Crippen LogP contribution in [-0.4, -0.2) is 48.9 Å². The van der Waals surface area contributed by atoms with Crippen molar-refractivity contribution in [2.24, 2.45) is 5.41 Å². The highest BCUT2D eigenvalue weighted by molar-refractivity contribution is 8.01. The molecule has 1 heterocycles. The van der Waals surface area contributed by atoms with Crippen LogP contribution in [0, 0.1) is 5.41 Å². The Morgan fingerprint density at radius 2 is 2.07 bits per heavy atom. The molecule has 0 radical (unpaired) electrons. The molecule has 92 valence electrons. The van der Waals surface area contributed by atoms with Crippen molar-refractivity contribution in [3.63, 3.8) is 0 Å². The SMILES string of the molecule is CCC1(COCCC[SH](C)(C)=O)COC1. The van der Waals surface area contributed by atoms with Crippen LogP contribution in [0.2, 0.25) is 0 Å². The summed E-state index contributed by atoms with van der Waals surface area (Å²) in [6.45, 7) is 5.37. The molecule has 0 N–H and O–H groups in total. The molecule has 0 atom stereocenters. The van der Waals surface area contributed by atoms with Crippen molar-refractivity contribution in [2.75, 3.05) is 44.7 Å². The fourth-order valence-electron chi connectivity index (χ4n) is 1.62. The van der Waals surface area contributed by atoms with Gasteiger partial charge in [-0.2, -0.15) is 0 Å². The van der Waals surface area contributed by atoms with E-state index in [2.05, 4.69) is 6.92 Å². The smallest absolute Gasteiger partial charge is 0.0566 e. The quantitative estimate of drug-likeness (QED) is 0.531. The standard InChI is InChI=1S/C11H24O3S/c1-4-11(9-14-10-11)8-13-6-5-7-15(2,3)12/h15H,4-10H2,1-3H3. The van der Waals surface area contributed by atoms with Crippen LogP contribution in [0.5, 0.6) is 0 Å². The van der Waals surface area contributed by atoms with E-state index < -0.39 is 9.93 Å². The zero-order valence-electron chi connectivity index (χ0n) is 10.1. The van der Waals surface area contributed by atoms with Crippen LogP contribution in [0.25, 0.3) is 0 Å². The highest BCUT2D eigenvalue weighted by Gasteiger charge is 2.36. The fourth-order valence-corrected chi connectivity index (χ4v) is 2.51. The lowest BCUT2D eigenvalue weighted by Crippen LogP contribution is -2.45. The molecule has 3 nitrogen and oxygen atoms in total. The van der Waals surface area contributed by atoms with Gasteiger partial charge in [-0.05, 0) is 25.4 Å². The second-order valence-electron chi connectivity index (χ2n) is 5.05. The van der Waals surface area contributed by atoms with Crippen molar-refractivity contribution >= 4 is 9.93 Å².